The van der Waals surface area contributed by atoms with Crippen LogP contribution < -0.4 is 21.5 Å². The number of aryl methyl sites for hydroxylation is 1. The first-order valence-corrected chi connectivity index (χ1v) is 5.18. The maximum atomic E-state index is 3.76. The van der Waals surface area contributed by atoms with Crippen LogP contribution in [0, 0.1) is 6.92 Å². The van der Waals surface area contributed by atoms with E-state index in [0.717, 1.165) is 6.54 Å². The highest BCUT2D eigenvalue weighted by molar-refractivity contribution is 7.16. The lowest BCUT2D eigenvalue weighted by Crippen LogP contribution is -3.00. The van der Waals surface area contributed by atoms with E-state index in [0.29, 0.717) is 0 Å². The van der Waals surface area contributed by atoms with Gasteiger partial charge in [0.25, 0.3) is 0 Å². The average molecular weight is 270 g/mol. The molecular weight excluding hydrogens is 258 g/mol. The maximum Gasteiger partial charge on any atom is 0.226 e. The van der Waals surface area contributed by atoms with Gasteiger partial charge in [0.15, 0.2) is 6.54 Å². The summed E-state index contributed by atoms with van der Waals surface area (Å²) in [5.74, 6) is 0. The largest absolute Gasteiger partial charge is 1.00 e. The van der Waals surface area contributed by atoms with E-state index < -0.39 is 0 Å². The van der Waals surface area contributed by atoms with Crippen LogP contribution in [-0.2, 0) is 6.54 Å². The molecule has 0 amide bonds. The van der Waals surface area contributed by atoms with Gasteiger partial charge in [-0.1, -0.05) is 30.0 Å². The van der Waals surface area contributed by atoms with E-state index >= 15 is 0 Å². The van der Waals surface area contributed by atoms with Crippen LogP contribution in [0.1, 0.15) is 5.56 Å². The summed E-state index contributed by atoms with van der Waals surface area (Å²) < 4.78 is 3.59. The normalized spacial score (nSPS) is 9.79. The van der Waals surface area contributed by atoms with Crippen molar-refractivity contribution in [3.63, 3.8) is 0 Å². The molecular formula is C11H12BrNS. The van der Waals surface area contributed by atoms with Crippen molar-refractivity contribution in [3.05, 3.63) is 41.9 Å². The number of aromatic nitrogens is 1. The Kier molecular flexibility index (Phi) is 3.84. The molecule has 1 heterocycles. The van der Waals surface area contributed by atoms with Crippen molar-refractivity contribution >= 4 is 21.6 Å². The van der Waals surface area contributed by atoms with Crippen LogP contribution in [-0.4, -0.2) is 0 Å². The topological polar surface area (TPSA) is 3.88 Å². The lowest BCUT2D eigenvalue weighted by molar-refractivity contribution is -0.656. The summed E-state index contributed by atoms with van der Waals surface area (Å²) in [4.78, 5) is 0. The smallest absolute Gasteiger partial charge is 0.226 e. The number of rotatable bonds is 2. The lowest BCUT2D eigenvalue weighted by atomic mass is 10.2. The van der Waals surface area contributed by atoms with Gasteiger partial charge < -0.3 is 17.0 Å². The maximum absolute atomic E-state index is 3.76. The van der Waals surface area contributed by atoms with Crippen molar-refractivity contribution < 1.29 is 21.5 Å². The van der Waals surface area contributed by atoms with Crippen LogP contribution in [0.3, 0.4) is 0 Å². The second-order valence-corrected chi connectivity index (χ2v) is 3.97. The zero-order valence-corrected chi connectivity index (χ0v) is 10.4. The number of allylic oxidation sites excluding steroid dienone is 1. The van der Waals surface area contributed by atoms with Crippen molar-refractivity contribution in [2.24, 2.45) is 0 Å². The minimum Gasteiger partial charge on any atom is -1.00 e. The third-order valence-electron chi connectivity index (χ3n) is 2.12. The highest BCUT2D eigenvalue weighted by Gasteiger charge is 2.11. The van der Waals surface area contributed by atoms with Gasteiger partial charge in [0.05, 0.1) is 0 Å². The van der Waals surface area contributed by atoms with Gasteiger partial charge in [0, 0.05) is 5.56 Å². The second kappa shape index (κ2) is 4.71. The van der Waals surface area contributed by atoms with E-state index in [1.165, 1.54) is 15.8 Å². The van der Waals surface area contributed by atoms with Crippen LogP contribution >= 0.6 is 11.3 Å². The molecule has 2 rings (SSSR count). The third-order valence-corrected chi connectivity index (χ3v) is 3.06. The van der Waals surface area contributed by atoms with Gasteiger partial charge in [0.2, 0.25) is 11.0 Å². The SMILES string of the molecule is C=CC[n+]1csc2cccc(C)c21.[Br-]. The molecule has 2 aromatic rings. The van der Waals surface area contributed by atoms with Gasteiger partial charge in [-0.15, -0.1) is 0 Å². The molecule has 0 saturated heterocycles. The molecule has 0 bridgehead atoms. The number of thiazole rings is 1. The molecule has 0 aliphatic carbocycles. The van der Waals surface area contributed by atoms with Crippen molar-refractivity contribution in [3.8, 4) is 0 Å². The molecule has 0 aliphatic rings. The molecule has 0 unspecified atom stereocenters. The Morgan fingerprint density at radius 1 is 1.50 bits per heavy atom. The number of halogens is 1. The van der Waals surface area contributed by atoms with Gasteiger partial charge in [-0.05, 0) is 19.1 Å². The van der Waals surface area contributed by atoms with Crippen molar-refractivity contribution in [1.29, 1.82) is 0 Å². The minimum atomic E-state index is 0. The predicted octanol–water partition coefficient (Wildman–Crippen LogP) is -0.313. The number of benzene rings is 1. The van der Waals surface area contributed by atoms with Gasteiger partial charge in [-0.2, -0.15) is 4.57 Å². The molecule has 0 spiro atoms. The van der Waals surface area contributed by atoms with E-state index in [-0.39, 0.29) is 17.0 Å². The summed E-state index contributed by atoms with van der Waals surface area (Å²) in [5, 5.41) is 0. The number of para-hydroxylation sites is 1. The van der Waals surface area contributed by atoms with Gasteiger partial charge in [0.1, 0.15) is 4.70 Å². The van der Waals surface area contributed by atoms with E-state index in [1.54, 1.807) is 11.3 Å². The Bertz CT molecular complexity index is 447. The molecule has 0 radical (unpaired) electrons. The first-order chi connectivity index (χ1) is 6.33. The Labute approximate surface area is 98.5 Å². The highest BCUT2D eigenvalue weighted by atomic mass is 79.9. The molecule has 1 aromatic carbocycles. The highest BCUT2D eigenvalue weighted by Crippen LogP contribution is 2.18. The van der Waals surface area contributed by atoms with Crippen molar-refractivity contribution in [2.75, 3.05) is 0 Å². The lowest BCUT2D eigenvalue weighted by Gasteiger charge is -1.92. The third kappa shape index (κ3) is 1.88. The fourth-order valence-electron chi connectivity index (χ4n) is 1.54. The van der Waals surface area contributed by atoms with Gasteiger partial charge in [-0.3, -0.25) is 0 Å². The molecule has 1 nitrogen and oxygen atoms in total. The molecule has 1 aromatic heterocycles. The zero-order valence-electron chi connectivity index (χ0n) is 8.03. The standard InChI is InChI=1S/C11H12NS.BrH/c1-3-7-12-8-13-10-6-4-5-9(2)11(10)12;/h3-6,8H,1,7H2,2H3;1H/q+1;/p-1. The van der Waals surface area contributed by atoms with Crippen LogP contribution in [0.15, 0.2) is 36.4 Å². The van der Waals surface area contributed by atoms with Crippen LogP contribution in [0.5, 0.6) is 0 Å². The number of hydrogen-bond donors (Lipinski definition) is 0. The summed E-state index contributed by atoms with van der Waals surface area (Å²) in [7, 11) is 0. The monoisotopic (exact) mass is 269 g/mol. The first kappa shape index (κ1) is 11.4. The van der Waals surface area contributed by atoms with Crippen LogP contribution in [0.4, 0.5) is 0 Å². The molecule has 3 heteroatoms. The fourth-order valence-corrected chi connectivity index (χ4v) is 2.52. The molecule has 74 valence electrons. The van der Waals surface area contributed by atoms with Crippen molar-refractivity contribution in [2.45, 2.75) is 13.5 Å². The minimum absolute atomic E-state index is 0. The van der Waals surface area contributed by atoms with Gasteiger partial charge in [-0.25, -0.2) is 0 Å². The van der Waals surface area contributed by atoms with E-state index in [2.05, 4.69) is 41.8 Å². The molecule has 0 saturated carbocycles. The van der Waals surface area contributed by atoms with E-state index in [4.69, 9.17) is 0 Å². The molecule has 0 aliphatic heterocycles. The second-order valence-electron chi connectivity index (χ2n) is 3.09. The Morgan fingerprint density at radius 3 is 3.00 bits per heavy atom. The predicted molar refractivity (Wildman–Crippen MR) is 57.0 cm³/mol. The summed E-state index contributed by atoms with van der Waals surface area (Å²) in [6.45, 7) is 6.80. The average Bonchev–Trinajstić information content (AvgIpc) is 2.51. The van der Waals surface area contributed by atoms with Crippen LogP contribution in [0.25, 0.3) is 10.2 Å². The number of hydrogen-bond acceptors (Lipinski definition) is 1. The Hall–Kier alpha value is -0.670. The summed E-state index contributed by atoms with van der Waals surface area (Å²) in [6, 6.07) is 6.41. The molecule has 14 heavy (non-hydrogen) atoms. The number of nitrogens with zero attached hydrogens (tertiary/aromatic N) is 1. The van der Waals surface area contributed by atoms with Gasteiger partial charge >= 0.3 is 0 Å². The molecule has 0 atom stereocenters. The molecule has 0 fully saturated rings. The van der Waals surface area contributed by atoms with E-state index in [9.17, 15) is 0 Å². The Morgan fingerprint density at radius 2 is 2.29 bits per heavy atom. The quantitative estimate of drug-likeness (QED) is 0.520. The molecule has 0 N–H and O–H groups in total. The first-order valence-electron chi connectivity index (χ1n) is 4.30. The number of fused-ring (bicyclic) bond motifs is 1. The summed E-state index contributed by atoms with van der Waals surface area (Å²) in [6.07, 6.45) is 1.93. The zero-order chi connectivity index (χ0) is 9.26. The fraction of sp³-hybridized carbons (Fsp3) is 0.182. The summed E-state index contributed by atoms with van der Waals surface area (Å²) in [5.41, 5.74) is 4.83. The van der Waals surface area contributed by atoms with Crippen LogP contribution in [0.2, 0.25) is 0 Å². The summed E-state index contributed by atoms with van der Waals surface area (Å²) >= 11 is 1.78. The van der Waals surface area contributed by atoms with E-state index in [1.807, 2.05) is 6.08 Å². The van der Waals surface area contributed by atoms with Crippen molar-refractivity contribution in [1.82, 2.24) is 0 Å². The Balaban J connectivity index is 0.000000980.